The summed E-state index contributed by atoms with van der Waals surface area (Å²) in [5, 5.41) is 3.17. The van der Waals surface area contributed by atoms with Gasteiger partial charge in [-0.05, 0) is 47.4 Å². The van der Waals surface area contributed by atoms with Crippen LogP contribution < -0.4 is 19.7 Å². The van der Waals surface area contributed by atoms with Gasteiger partial charge >= 0.3 is 0 Å². The highest BCUT2D eigenvalue weighted by atomic mass is 19.1. The van der Waals surface area contributed by atoms with Crippen molar-refractivity contribution in [2.45, 2.75) is 18.4 Å². The van der Waals surface area contributed by atoms with Gasteiger partial charge in [-0.25, -0.2) is 4.39 Å². The molecule has 6 rings (SSSR count). The zero-order valence-electron chi connectivity index (χ0n) is 23.4. The zero-order chi connectivity index (χ0) is 28.5. The molecule has 0 aromatic heterocycles. The Labute approximate surface area is 239 Å². The van der Waals surface area contributed by atoms with Crippen molar-refractivity contribution < 1.29 is 23.5 Å². The molecule has 1 fully saturated rings. The van der Waals surface area contributed by atoms with Gasteiger partial charge in [0.25, 0.3) is 5.91 Å². The van der Waals surface area contributed by atoms with E-state index in [1.54, 1.807) is 25.3 Å². The molecule has 0 radical (unpaired) electrons. The van der Waals surface area contributed by atoms with Gasteiger partial charge in [-0.3, -0.25) is 14.5 Å². The normalized spacial score (nSPS) is 20.1. The van der Waals surface area contributed by atoms with Crippen LogP contribution in [0.4, 0.5) is 10.1 Å². The lowest BCUT2D eigenvalue weighted by Gasteiger charge is -2.45. The summed E-state index contributed by atoms with van der Waals surface area (Å²) >= 11 is 0. The Morgan fingerprint density at radius 1 is 0.927 bits per heavy atom. The molecule has 214 valence electrons. The number of nitrogens with one attached hydrogen (secondary N) is 1. The number of halogens is 1. The summed E-state index contributed by atoms with van der Waals surface area (Å²) in [4.78, 5) is 33.9. The van der Waals surface area contributed by atoms with Crippen LogP contribution >= 0.6 is 0 Å². The van der Waals surface area contributed by atoms with Gasteiger partial charge in [0.1, 0.15) is 5.82 Å². The fourth-order valence-electron chi connectivity index (χ4n) is 6.50. The summed E-state index contributed by atoms with van der Waals surface area (Å²) in [5.74, 6) is -0.0694. The molecular weight excluding hydrogens is 523 g/mol. The van der Waals surface area contributed by atoms with Crippen LogP contribution in [0.1, 0.15) is 39.0 Å². The number of anilines is 1. The number of hydrogen-bond donors (Lipinski definition) is 1. The van der Waals surface area contributed by atoms with Crippen molar-refractivity contribution in [3.8, 4) is 11.5 Å². The molecule has 9 heteroatoms. The molecule has 3 aromatic carbocycles. The lowest BCUT2D eigenvalue weighted by molar-refractivity contribution is -0.124. The van der Waals surface area contributed by atoms with Crippen molar-refractivity contribution in [2.75, 3.05) is 64.9 Å². The molecule has 2 amide bonds. The van der Waals surface area contributed by atoms with Gasteiger partial charge in [-0.15, -0.1) is 0 Å². The average Bonchev–Trinajstić information content (AvgIpc) is 3.01. The van der Waals surface area contributed by atoms with Gasteiger partial charge in [-0.1, -0.05) is 36.4 Å². The van der Waals surface area contributed by atoms with Crippen molar-refractivity contribution >= 4 is 17.5 Å². The zero-order valence-corrected chi connectivity index (χ0v) is 23.4. The largest absolute Gasteiger partial charge is 0.493 e. The molecule has 2 atom stereocenters. The second-order valence-electron chi connectivity index (χ2n) is 10.7. The first-order valence-electron chi connectivity index (χ1n) is 14.1. The maximum Gasteiger partial charge on any atom is 0.254 e. The third-order valence-corrected chi connectivity index (χ3v) is 8.60. The molecule has 3 heterocycles. The number of piperazine rings is 1. The van der Waals surface area contributed by atoms with Crippen LogP contribution in [0.3, 0.4) is 0 Å². The Morgan fingerprint density at radius 2 is 1.63 bits per heavy atom. The van der Waals surface area contributed by atoms with Crippen LogP contribution in [0, 0.1) is 5.82 Å². The number of hydrogen-bond acceptors (Lipinski definition) is 6. The van der Waals surface area contributed by atoms with E-state index in [0.717, 1.165) is 43.7 Å². The van der Waals surface area contributed by atoms with E-state index < -0.39 is 12.0 Å². The standard InChI is InChI=1S/C32H35FN4O4/c1-40-27-19-23-24(20-28(27)41-2)32(39)37-13-11-21-7-3-4-8-22(21)30(37)29(23)31(38)34-12-14-35-15-17-36(18-16-35)26-10-6-5-9-25(26)33/h3-10,19-20,29-30H,11-18H2,1-2H3,(H,34,38)/t29-,30-/m1/s1. The lowest BCUT2D eigenvalue weighted by atomic mass is 9.75. The number of amides is 2. The lowest BCUT2D eigenvalue weighted by Crippen LogP contribution is -2.51. The van der Waals surface area contributed by atoms with Crippen LogP contribution in [0.15, 0.2) is 60.7 Å². The number of methoxy groups -OCH3 is 2. The number of rotatable bonds is 7. The van der Waals surface area contributed by atoms with Crippen molar-refractivity contribution in [3.63, 3.8) is 0 Å². The predicted octanol–water partition coefficient (Wildman–Crippen LogP) is 3.62. The fourth-order valence-corrected chi connectivity index (χ4v) is 6.50. The van der Waals surface area contributed by atoms with E-state index in [1.165, 1.54) is 13.2 Å². The van der Waals surface area contributed by atoms with Crippen molar-refractivity contribution in [1.29, 1.82) is 0 Å². The SMILES string of the molecule is COc1cc2c(cc1OC)[C@@H](C(=O)NCCN1CCN(c3ccccc3F)CC1)[C@H]1c3ccccc3CCN1C2=O. The second-order valence-corrected chi connectivity index (χ2v) is 10.7. The van der Waals surface area contributed by atoms with Crippen molar-refractivity contribution in [1.82, 2.24) is 15.1 Å². The minimum atomic E-state index is -0.596. The first-order valence-corrected chi connectivity index (χ1v) is 14.1. The van der Waals surface area contributed by atoms with Gasteiger partial charge in [0.05, 0.1) is 31.9 Å². The van der Waals surface area contributed by atoms with Gasteiger partial charge in [0, 0.05) is 51.4 Å². The smallest absolute Gasteiger partial charge is 0.254 e. The maximum atomic E-state index is 14.2. The number of para-hydroxylation sites is 1. The molecule has 1 N–H and O–H groups in total. The first kappa shape index (κ1) is 27.1. The van der Waals surface area contributed by atoms with Gasteiger partial charge in [-0.2, -0.15) is 0 Å². The van der Waals surface area contributed by atoms with Crippen molar-refractivity contribution in [3.05, 3.63) is 88.7 Å². The van der Waals surface area contributed by atoms with E-state index in [9.17, 15) is 14.0 Å². The van der Waals surface area contributed by atoms with Gasteiger partial charge in [0.2, 0.25) is 5.91 Å². The second kappa shape index (κ2) is 11.4. The van der Waals surface area contributed by atoms with Crippen molar-refractivity contribution in [2.24, 2.45) is 0 Å². The number of benzene rings is 3. The number of fused-ring (bicyclic) bond motifs is 4. The average molecular weight is 559 g/mol. The monoisotopic (exact) mass is 558 g/mol. The van der Waals surface area contributed by atoms with Gasteiger partial charge in [0.15, 0.2) is 11.5 Å². The molecule has 0 bridgehead atoms. The highest BCUT2D eigenvalue weighted by Crippen LogP contribution is 2.48. The van der Waals surface area contributed by atoms with Crippen LogP contribution in [0.5, 0.6) is 11.5 Å². The number of carbonyl (C=O) groups is 2. The van der Waals surface area contributed by atoms with Crippen LogP contribution in [0.2, 0.25) is 0 Å². The Hall–Kier alpha value is -4.11. The van der Waals surface area contributed by atoms with E-state index in [4.69, 9.17) is 9.47 Å². The Kier molecular flexibility index (Phi) is 7.53. The maximum absolute atomic E-state index is 14.2. The third kappa shape index (κ3) is 4.99. The van der Waals surface area contributed by atoms with Crippen LogP contribution in [0.25, 0.3) is 0 Å². The molecule has 3 aliphatic rings. The fraction of sp³-hybridized carbons (Fsp3) is 0.375. The summed E-state index contributed by atoms with van der Waals surface area (Å²) in [5.41, 5.74) is 3.94. The number of carbonyl (C=O) groups excluding carboxylic acids is 2. The molecule has 3 aliphatic heterocycles. The van der Waals surface area contributed by atoms with E-state index in [1.807, 2.05) is 35.2 Å². The van der Waals surface area contributed by atoms with E-state index in [0.29, 0.717) is 47.9 Å². The van der Waals surface area contributed by atoms with E-state index in [-0.39, 0.29) is 17.6 Å². The number of ether oxygens (including phenoxy) is 2. The Bertz CT molecular complexity index is 1460. The molecule has 0 saturated carbocycles. The molecule has 0 unspecified atom stereocenters. The van der Waals surface area contributed by atoms with E-state index >= 15 is 0 Å². The quantitative estimate of drug-likeness (QED) is 0.478. The van der Waals surface area contributed by atoms with Gasteiger partial charge < -0.3 is 24.6 Å². The van der Waals surface area contributed by atoms with E-state index in [2.05, 4.69) is 21.2 Å². The number of nitrogens with zero attached hydrogens (tertiary/aromatic N) is 3. The summed E-state index contributed by atoms with van der Waals surface area (Å²) in [7, 11) is 3.09. The third-order valence-electron chi connectivity index (χ3n) is 8.60. The molecule has 3 aromatic rings. The topological polar surface area (TPSA) is 74.4 Å². The van der Waals surface area contributed by atoms with Crippen LogP contribution in [-0.4, -0.2) is 81.6 Å². The highest BCUT2D eigenvalue weighted by Gasteiger charge is 2.46. The molecule has 0 spiro atoms. The highest BCUT2D eigenvalue weighted by molar-refractivity contribution is 6.02. The summed E-state index contributed by atoms with van der Waals surface area (Å²) < 4.78 is 25.3. The molecule has 1 saturated heterocycles. The molecular formula is C32H35FN4O4. The molecule has 0 aliphatic carbocycles. The van der Waals surface area contributed by atoms with Crippen LogP contribution in [-0.2, 0) is 11.2 Å². The molecule has 41 heavy (non-hydrogen) atoms. The Morgan fingerprint density at radius 3 is 2.39 bits per heavy atom. The summed E-state index contributed by atoms with van der Waals surface area (Å²) in [6, 6.07) is 18.0. The first-order chi connectivity index (χ1) is 20.0. The Balaban J connectivity index is 1.21. The summed E-state index contributed by atoms with van der Waals surface area (Å²) in [6.45, 7) is 4.72. The minimum Gasteiger partial charge on any atom is -0.493 e. The predicted molar refractivity (Wildman–Crippen MR) is 154 cm³/mol. The molecule has 8 nitrogen and oxygen atoms in total. The summed E-state index contributed by atoms with van der Waals surface area (Å²) in [6.07, 6.45) is 0.744. The minimum absolute atomic E-state index is 0.0998.